The van der Waals surface area contributed by atoms with Crippen molar-refractivity contribution in [2.24, 2.45) is 17.8 Å². The normalized spacial score (nSPS) is 25.6. The van der Waals surface area contributed by atoms with Gasteiger partial charge in [0.15, 0.2) is 11.5 Å². The third kappa shape index (κ3) is 4.29. The fourth-order valence-electron chi connectivity index (χ4n) is 5.16. The third-order valence-electron chi connectivity index (χ3n) is 7.11. The van der Waals surface area contributed by atoms with Crippen LogP contribution in [0.1, 0.15) is 50.7 Å². The maximum Gasteiger partial charge on any atom is 0.237 e. The zero-order valence-electron chi connectivity index (χ0n) is 18.2. The maximum atomic E-state index is 12.9. The molecule has 2 bridgehead atoms. The predicted molar refractivity (Wildman–Crippen MR) is 112 cm³/mol. The third-order valence-corrected chi connectivity index (χ3v) is 7.11. The van der Waals surface area contributed by atoms with Gasteiger partial charge in [-0.1, -0.05) is 6.42 Å². The van der Waals surface area contributed by atoms with Gasteiger partial charge in [-0.2, -0.15) is 0 Å². The molecule has 2 fully saturated rings. The number of aryl methyl sites for hydroxylation is 1. The molecule has 2 aliphatic rings. The van der Waals surface area contributed by atoms with Crippen LogP contribution in [0.2, 0.25) is 0 Å². The van der Waals surface area contributed by atoms with Gasteiger partial charge in [-0.3, -0.25) is 9.69 Å². The van der Waals surface area contributed by atoms with Crippen LogP contribution in [0.5, 0.6) is 11.5 Å². The van der Waals surface area contributed by atoms with Crippen molar-refractivity contribution < 1.29 is 14.3 Å². The molecular weight excluding hydrogens is 352 g/mol. The van der Waals surface area contributed by atoms with Crippen molar-refractivity contribution in [3.05, 3.63) is 23.3 Å². The van der Waals surface area contributed by atoms with Crippen LogP contribution in [-0.2, 0) is 11.3 Å². The molecule has 0 spiro atoms. The summed E-state index contributed by atoms with van der Waals surface area (Å²) in [4.78, 5) is 15.0. The first kappa shape index (κ1) is 21.0. The Morgan fingerprint density at radius 3 is 2.43 bits per heavy atom. The first-order valence-corrected chi connectivity index (χ1v) is 10.6. The lowest BCUT2D eigenvalue weighted by Gasteiger charge is -2.31. The highest BCUT2D eigenvalue weighted by Crippen LogP contribution is 2.49. The molecular formula is C23H36N2O3. The number of amides is 1. The minimum Gasteiger partial charge on any atom is -0.493 e. The number of carbonyl (C=O) groups excluding carboxylic acids is 1. The summed E-state index contributed by atoms with van der Waals surface area (Å²) in [6, 6.07) is 4.08. The molecule has 5 nitrogen and oxygen atoms in total. The Kier molecular flexibility index (Phi) is 6.54. The van der Waals surface area contributed by atoms with Crippen LogP contribution in [0.4, 0.5) is 0 Å². The Balaban J connectivity index is 1.59. The monoisotopic (exact) mass is 388 g/mol. The summed E-state index contributed by atoms with van der Waals surface area (Å²) in [5.41, 5.74) is 2.27. The van der Waals surface area contributed by atoms with Gasteiger partial charge in [-0.25, -0.2) is 0 Å². The summed E-state index contributed by atoms with van der Waals surface area (Å²) in [7, 11) is 5.29. The number of fused-ring (bicyclic) bond motifs is 2. The topological polar surface area (TPSA) is 50.8 Å². The van der Waals surface area contributed by atoms with E-state index in [-0.39, 0.29) is 18.0 Å². The van der Waals surface area contributed by atoms with Gasteiger partial charge < -0.3 is 14.8 Å². The van der Waals surface area contributed by atoms with Crippen LogP contribution >= 0.6 is 0 Å². The van der Waals surface area contributed by atoms with Crippen molar-refractivity contribution in [2.45, 2.75) is 65.1 Å². The number of ether oxygens (including phenoxy) is 2. The molecule has 0 heterocycles. The number of rotatable bonds is 8. The number of carbonyl (C=O) groups is 1. The average molecular weight is 389 g/mol. The Labute approximate surface area is 169 Å². The van der Waals surface area contributed by atoms with Crippen LogP contribution < -0.4 is 14.8 Å². The highest BCUT2D eigenvalue weighted by Gasteiger charge is 2.42. The van der Waals surface area contributed by atoms with Gasteiger partial charge in [0.05, 0.1) is 20.3 Å². The van der Waals surface area contributed by atoms with Gasteiger partial charge in [-0.15, -0.1) is 0 Å². The zero-order valence-corrected chi connectivity index (χ0v) is 18.2. The van der Waals surface area contributed by atoms with Gasteiger partial charge in [0.2, 0.25) is 5.91 Å². The second kappa shape index (κ2) is 8.73. The van der Waals surface area contributed by atoms with Crippen LogP contribution in [0.25, 0.3) is 0 Å². The summed E-state index contributed by atoms with van der Waals surface area (Å²) in [6.07, 6.45) is 5.41. The van der Waals surface area contributed by atoms with Crippen LogP contribution in [0, 0.1) is 24.7 Å². The van der Waals surface area contributed by atoms with E-state index in [1.54, 1.807) is 14.2 Å². The van der Waals surface area contributed by atoms with E-state index in [1.807, 2.05) is 26.1 Å². The van der Waals surface area contributed by atoms with E-state index in [1.165, 1.54) is 25.7 Å². The summed E-state index contributed by atoms with van der Waals surface area (Å²) < 4.78 is 10.8. The minimum atomic E-state index is -0.187. The van der Waals surface area contributed by atoms with Crippen LogP contribution in [0.3, 0.4) is 0 Å². The number of benzene rings is 1. The zero-order chi connectivity index (χ0) is 20.4. The minimum absolute atomic E-state index is 0.121. The molecule has 0 radical (unpaired) electrons. The van der Waals surface area contributed by atoms with E-state index in [0.717, 1.165) is 34.5 Å². The fourth-order valence-corrected chi connectivity index (χ4v) is 5.16. The van der Waals surface area contributed by atoms with Gasteiger partial charge in [0, 0.05) is 12.6 Å². The Morgan fingerprint density at radius 2 is 1.86 bits per heavy atom. The van der Waals surface area contributed by atoms with Crippen molar-refractivity contribution in [1.82, 2.24) is 10.2 Å². The number of nitrogens with one attached hydrogen (secondary N) is 1. The van der Waals surface area contributed by atoms with Crippen molar-refractivity contribution in [3.63, 3.8) is 0 Å². The summed E-state index contributed by atoms with van der Waals surface area (Å²) in [5, 5.41) is 3.30. The second-order valence-electron chi connectivity index (χ2n) is 8.86. The lowest BCUT2D eigenvalue weighted by Crippen LogP contribution is -2.48. The number of hydrogen-bond acceptors (Lipinski definition) is 4. The number of methoxy groups -OCH3 is 2. The quantitative estimate of drug-likeness (QED) is 0.736. The molecule has 5 unspecified atom stereocenters. The molecule has 5 heteroatoms. The number of likely N-dealkylation sites (N-methyl/N-ethyl adjacent to an activating group) is 1. The van der Waals surface area contributed by atoms with Crippen LogP contribution in [0.15, 0.2) is 12.1 Å². The highest BCUT2D eigenvalue weighted by atomic mass is 16.5. The molecule has 1 N–H and O–H groups in total. The molecule has 0 aliphatic heterocycles. The average Bonchev–Trinajstić information content (AvgIpc) is 3.31. The van der Waals surface area contributed by atoms with Gasteiger partial charge in [0.25, 0.3) is 0 Å². The molecule has 1 aromatic rings. The van der Waals surface area contributed by atoms with Crippen molar-refractivity contribution >= 4 is 5.91 Å². The molecule has 1 amide bonds. The molecule has 0 saturated heterocycles. The Hall–Kier alpha value is -1.75. The van der Waals surface area contributed by atoms with Crippen molar-refractivity contribution in [1.29, 1.82) is 0 Å². The van der Waals surface area contributed by atoms with E-state index >= 15 is 0 Å². The maximum absolute atomic E-state index is 12.9. The Morgan fingerprint density at radius 1 is 1.18 bits per heavy atom. The largest absolute Gasteiger partial charge is 0.493 e. The standard InChI is InChI=1S/C23H36N2O3/c1-14-9-21(27-5)22(28-6)12-19(14)13-25(4)16(3)23(26)24-15(2)20-11-17-7-8-18(20)10-17/h9,12,15-18,20H,7-8,10-11,13H2,1-6H3,(H,24,26). The van der Waals surface area contributed by atoms with Gasteiger partial charge in [-0.05, 0) is 88.1 Å². The number of nitrogens with zero attached hydrogens (tertiary/aromatic N) is 1. The smallest absolute Gasteiger partial charge is 0.237 e. The van der Waals surface area contributed by atoms with Gasteiger partial charge in [0.1, 0.15) is 0 Å². The molecule has 0 aromatic heterocycles. The first-order valence-electron chi connectivity index (χ1n) is 10.6. The molecule has 3 rings (SSSR count). The highest BCUT2D eigenvalue weighted by molar-refractivity contribution is 5.81. The van der Waals surface area contributed by atoms with Crippen molar-refractivity contribution in [3.8, 4) is 11.5 Å². The fraction of sp³-hybridized carbons (Fsp3) is 0.696. The number of hydrogen-bond donors (Lipinski definition) is 1. The second-order valence-corrected chi connectivity index (χ2v) is 8.86. The molecule has 156 valence electrons. The molecule has 2 aliphatic carbocycles. The van der Waals surface area contributed by atoms with E-state index in [2.05, 4.69) is 24.1 Å². The van der Waals surface area contributed by atoms with E-state index in [0.29, 0.717) is 12.5 Å². The molecule has 5 atom stereocenters. The van der Waals surface area contributed by atoms with Gasteiger partial charge >= 0.3 is 0 Å². The van der Waals surface area contributed by atoms with E-state index in [4.69, 9.17) is 9.47 Å². The lowest BCUT2D eigenvalue weighted by atomic mass is 9.84. The summed E-state index contributed by atoms with van der Waals surface area (Å²) >= 11 is 0. The molecule has 1 aromatic carbocycles. The predicted octanol–water partition coefficient (Wildman–Crippen LogP) is 3.77. The first-order chi connectivity index (χ1) is 13.3. The molecule has 28 heavy (non-hydrogen) atoms. The SMILES string of the molecule is COc1cc(C)c(CN(C)C(C)C(=O)NC(C)C2CC3CCC2C3)cc1OC. The van der Waals surface area contributed by atoms with Crippen LogP contribution in [-0.4, -0.2) is 44.2 Å². The lowest BCUT2D eigenvalue weighted by molar-refractivity contribution is -0.126. The summed E-state index contributed by atoms with van der Waals surface area (Å²) in [5.74, 6) is 3.96. The summed E-state index contributed by atoms with van der Waals surface area (Å²) in [6.45, 7) is 6.92. The van der Waals surface area contributed by atoms with E-state index < -0.39 is 0 Å². The van der Waals surface area contributed by atoms with E-state index in [9.17, 15) is 4.79 Å². The molecule has 2 saturated carbocycles. The van der Waals surface area contributed by atoms with Crippen molar-refractivity contribution in [2.75, 3.05) is 21.3 Å². The Bertz CT molecular complexity index is 705.